The predicted octanol–water partition coefficient (Wildman–Crippen LogP) is 4.91. The first-order valence-corrected chi connectivity index (χ1v) is 14.1. The minimum absolute atomic E-state index is 0.00302. The minimum Gasteiger partial charge on any atom is -0.493 e. The van der Waals surface area contributed by atoms with Gasteiger partial charge in [0, 0.05) is 37.1 Å². The smallest absolute Gasteiger partial charge is 0.289 e. The van der Waals surface area contributed by atoms with Crippen molar-refractivity contribution >= 4 is 28.7 Å². The van der Waals surface area contributed by atoms with Crippen molar-refractivity contribution in [2.24, 2.45) is 5.41 Å². The van der Waals surface area contributed by atoms with Crippen molar-refractivity contribution in [1.29, 1.82) is 0 Å². The summed E-state index contributed by atoms with van der Waals surface area (Å²) < 4.78 is 25.8. The van der Waals surface area contributed by atoms with E-state index in [0.717, 1.165) is 18.4 Å². The molecule has 2 N–H and O–H groups in total. The molecule has 5 rings (SSSR count). The summed E-state index contributed by atoms with van der Waals surface area (Å²) in [6, 6.07) is 10.2. The monoisotopic (exact) mass is 549 g/mol. The van der Waals surface area contributed by atoms with Gasteiger partial charge >= 0.3 is 0 Å². The maximum atomic E-state index is 14.2. The van der Waals surface area contributed by atoms with Crippen LogP contribution in [-0.2, 0) is 4.79 Å². The number of carbonyl (C=O) groups excluding carboxylic acids is 3. The Morgan fingerprint density at radius 2 is 1.75 bits per heavy atom. The number of ether oxygens (including phenoxy) is 1. The number of halogens is 1. The zero-order valence-electron chi connectivity index (χ0n) is 23.1. The number of benzene rings is 2. The summed E-state index contributed by atoms with van der Waals surface area (Å²) >= 11 is 0. The Morgan fingerprint density at radius 3 is 2.52 bits per heavy atom. The Morgan fingerprint density at radius 1 is 0.975 bits per heavy atom. The van der Waals surface area contributed by atoms with E-state index in [1.54, 1.807) is 30.0 Å². The molecule has 1 aromatic heterocycles. The van der Waals surface area contributed by atoms with Crippen molar-refractivity contribution in [2.45, 2.75) is 52.4 Å². The topological polar surface area (TPSA) is 101 Å². The standard InChI is InChI=1S/C31H36FN3O5/c1-20-9-10-23-25(19-20)39-18-6-15-34-30(38)31(11-3-4-14-33-28(23)36)12-16-35(17-13-31)29(37)26-21(2)22-7-5-8-24(32)27(22)40-26/h5,7-10,19H,3-4,6,11-18H2,1-2H3,(H,33,36)(H,34,38). The second-order valence-corrected chi connectivity index (χ2v) is 10.9. The highest BCUT2D eigenvalue weighted by molar-refractivity contribution is 5.99. The lowest BCUT2D eigenvalue weighted by Crippen LogP contribution is -2.50. The zero-order chi connectivity index (χ0) is 28.3. The number of fused-ring (bicyclic) bond motifs is 2. The number of furan rings is 1. The average Bonchev–Trinajstić information content (AvgIpc) is 3.29. The number of aryl methyl sites for hydroxylation is 2. The fourth-order valence-electron chi connectivity index (χ4n) is 5.75. The molecule has 1 spiro atoms. The molecule has 3 heterocycles. The first kappa shape index (κ1) is 27.7. The van der Waals surface area contributed by atoms with E-state index >= 15 is 0 Å². The van der Waals surface area contributed by atoms with E-state index in [4.69, 9.17) is 9.15 Å². The summed E-state index contributed by atoms with van der Waals surface area (Å²) in [5.41, 5.74) is 1.63. The molecular formula is C31H36FN3O5. The molecule has 1 fully saturated rings. The maximum Gasteiger partial charge on any atom is 0.289 e. The van der Waals surface area contributed by atoms with E-state index in [9.17, 15) is 18.8 Å². The van der Waals surface area contributed by atoms with Gasteiger partial charge in [-0.2, -0.15) is 0 Å². The van der Waals surface area contributed by atoms with Crippen LogP contribution in [0.3, 0.4) is 0 Å². The Kier molecular flexibility index (Phi) is 8.09. The van der Waals surface area contributed by atoms with Gasteiger partial charge in [0.05, 0.1) is 17.6 Å². The second-order valence-electron chi connectivity index (χ2n) is 10.9. The largest absolute Gasteiger partial charge is 0.493 e. The molecule has 9 heteroatoms. The Labute approximate surface area is 233 Å². The third-order valence-electron chi connectivity index (χ3n) is 8.21. The van der Waals surface area contributed by atoms with Crippen LogP contribution in [0.15, 0.2) is 40.8 Å². The van der Waals surface area contributed by atoms with Crippen molar-refractivity contribution in [2.75, 3.05) is 32.8 Å². The number of nitrogens with one attached hydrogen (secondary N) is 2. The molecule has 0 unspecified atom stereocenters. The van der Waals surface area contributed by atoms with Gasteiger partial charge in [-0.3, -0.25) is 14.4 Å². The fraction of sp³-hybridized carbons (Fsp3) is 0.452. The summed E-state index contributed by atoms with van der Waals surface area (Å²) in [4.78, 5) is 41.4. The number of carbonyl (C=O) groups is 3. The number of hydrogen-bond acceptors (Lipinski definition) is 5. The van der Waals surface area contributed by atoms with Crippen molar-refractivity contribution < 1.29 is 27.9 Å². The first-order valence-electron chi connectivity index (χ1n) is 14.1. The Balaban J connectivity index is 1.26. The molecule has 8 nitrogen and oxygen atoms in total. The van der Waals surface area contributed by atoms with Crippen LogP contribution in [0.1, 0.15) is 70.6 Å². The van der Waals surface area contributed by atoms with E-state index in [1.165, 1.54) is 6.07 Å². The third kappa shape index (κ3) is 5.55. The summed E-state index contributed by atoms with van der Waals surface area (Å²) in [5, 5.41) is 6.67. The summed E-state index contributed by atoms with van der Waals surface area (Å²) in [6.07, 6.45) is 3.80. The van der Waals surface area contributed by atoms with Crippen LogP contribution in [0.25, 0.3) is 11.0 Å². The average molecular weight is 550 g/mol. The molecular weight excluding hydrogens is 513 g/mol. The number of hydrogen-bond donors (Lipinski definition) is 2. The van der Waals surface area contributed by atoms with Gasteiger partial charge in [0.15, 0.2) is 17.2 Å². The van der Waals surface area contributed by atoms with E-state index in [-0.39, 0.29) is 29.1 Å². The third-order valence-corrected chi connectivity index (χ3v) is 8.21. The van der Waals surface area contributed by atoms with Crippen LogP contribution in [0, 0.1) is 25.1 Å². The van der Waals surface area contributed by atoms with Crippen LogP contribution < -0.4 is 15.4 Å². The van der Waals surface area contributed by atoms with Crippen LogP contribution in [0.4, 0.5) is 4.39 Å². The molecule has 0 atom stereocenters. The van der Waals surface area contributed by atoms with Crippen molar-refractivity contribution in [1.82, 2.24) is 15.5 Å². The van der Waals surface area contributed by atoms with Crippen LogP contribution in [0.5, 0.6) is 5.75 Å². The molecule has 2 aliphatic heterocycles. The lowest BCUT2D eigenvalue weighted by Gasteiger charge is -2.40. The van der Waals surface area contributed by atoms with Crippen LogP contribution in [-0.4, -0.2) is 55.4 Å². The Bertz CT molecular complexity index is 1420. The molecule has 0 bridgehead atoms. The second kappa shape index (κ2) is 11.7. The van der Waals surface area contributed by atoms with Gasteiger partial charge in [0.25, 0.3) is 11.8 Å². The number of piperidine rings is 1. The van der Waals surface area contributed by atoms with E-state index in [2.05, 4.69) is 10.6 Å². The molecule has 2 aromatic carbocycles. The molecule has 3 amide bonds. The van der Waals surface area contributed by atoms with Gasteiger partial charge in [-0.25, -0.2) is 4.39 Å². The number of nitrogens with zero attached hydrogens (tertiary/aromatic N) is 1. The first-order chi connectivity index (χ1) is 19.3. The zero-order valence-corrected chi connectivity index (χ0v) is 23.1. The predicted molar refractivity (Wildman–Crippen MR) is 149 cm³/mol. The Hall–Kier alpha value is -3.88. The molecule has 212 valence electrons. The van der Waals surface area contributed by atoms with E-state index in [1.807, 2.05) is 19.1 Å². The van der Waals surface area contributed by atoms with Gasteiger partial charge in [-0.15, -0.1) is 0 Å². The SMILES string of the molecule is Cc1ccc2c(c1)OCCCNC(=O)C1(CCCCNC2=O)CCN(C(=O)c2oc3c(F)cccc3c2C)CC1. The van der Waals surface area contributed by atoms with Crippen molar-refractivity contribution in [3.05, 3.63) is 64.7 Å². The highest BCUT2D eigenvalue weighted by Gasteiger charge is 2.42. The van der Waals surface area contributed by atoms with Gasteiger partial charge in [0.1, 0.15) is 5.75 Å². The molecule has 0 aliphatic carbocycles. The van der Waals surface area contributed by atoms with Crippen LogP contribution in [0.2, 0.25) is 0 Å². The molecule has 2 aliphatic rings. The number of amides is 3. The van der Waals surface area contributed by atoms with Gasteiger partial charge in [-0.05, 0) is 69.7 Å². The molecule has 0 saturated carbocycles. The minimum atomic E-state index is -0.600. The number of rotatable bonds is 1. The lowest BCUT2D eigenvalue weighted by atomic mass is 9.73. The number of likely N-dealkylation sites (tertiary alicyclic amines) is 1. The molecule has 3 aromatic rings. The van der Waals surface area contributed by atoms with Crippen LogP contribution >= 0.6 is 0 Å². The number of para-hydroxylation sites is 1. The fourth-order valence-corrected chi connectivity index (χ4v) is 5.75. The van der Waals surface area contributed by atoms with Gasteiger partial charge < -0.3 is 24.7 Å². The van der Waals surface area contributed by atoms with Crippen molar-refractivity contribution in [3.8, 4) is 5.75 Å². The van der Waals surface area contributed by atoms with E-state index < -0.39 is 11.2 Å². The molecule has 1 saturated heterocycles. The highest BCUT2D eigenvalue weighted by Crippen LogP contribution is 2.38. The normalized spacial score (nSPS) is 18.7. The van der Waals surface area contributed by atoms with Gasteiger partial charge in [0.2, 0.25) is 5.91 Å². The van der Waals surface area contributed by atoms with Gasteiger partial charge in [-0.1, -0.05) is 24.6 Å². The summed E-state index contributed by atoms with van der Waals surface area (Å²) in [6.45, 7) is 5.85. The lowest BCUT2D eigenvalue weighted by molar-refractivity contribution is -0.134. The maximum absolute atomic E-state index is 14.2. The molecule has 0 radical (unpaired) electrons. The molecule has 40 heavy (non-hydrogen) atoms. The summed E-state index contributed by atoms with van der Waals surface area (Å²) in [5.74, 6) is -0.248. The van der Waals surface area contributed by atoms with Crippen molar-refractivity contribution in [3.63, 3.8) is 0 Å². The highest BCUT2D eigenvalue weighted by atomic mass is 19.1. The summed E-state index contributed by atoms with van der Waals surface area (Å²) in [7, 11) is 0. The quantitative estimate of drug-likeness (QED) is 0.449. The van der Waals surface area contributed by atoms with E-state index in [0.29, 0.717) is 80.7 Å².